The number of aliphatic hydroxyl groups is 1. The summed E-state index contributed by atoms with van der Waals surface area (Å²) in [7, 11) is 0. The van der Waals surface area contributed by atoms with Crippen LogP contribution in [0.1, 0.15) is 22.3 Å². The molecule has 10 heteroatoms. The van der Waals surface area contributed by atoms with Crippen LogP contribution in [0.2, 0.25) is 0 Å². The molecule has 4 heterocycles. The van der Waals surface area contributed by atoms with Gasteiger partial charge in [-0.3, -0.25) is 0 Å². The molecule has 0 spiro atoms. The highest BCUT2D eigenvalue weighted by Crippen LogP contribution is 2.26. The fourth-order valence-corrected chi connectivity index (χ4v) is 5.08. The van der Waals surface area contributed by atoms with E-state index in [0.29, 0.717) is 40.1 Å². The van der Waals surface area contributed by atoms with Gasteiger partial charge in [-0.15, -0.1) is 0 Å². The van der Waals surface area contributed by atoms with Gasteiger partial charge < -0.3 is 34.8 Å². The topological polar surface area (TPSA) is 179 Å². The van der Waals surface area contributed by atoms with Gasteiger partial charge in [0.2, 0.25) is 0 Å². The van der Waals surface area contributed by atoms with Crippen molar-refractivity contribution in [1.29, 1.82) is 0 Å². The van der Waals surface area contributed by atoms with E-state index in [4.69, 9.17) is 29.8 Å². The molecule has 0 amide bonds. The molecule has 0 saturated heterocycles. The average molecular weight is 594 g/mol. The van der Waals surface area contributed by atoms with Crippen LogP contribution >= 0.6 is 0 Å². The minimum Gasteiger partial charge on any atom is -0.423 e. The number of hydrogen-bond acceptors (Lipinski definition) is 9. The van der Waals surface area contributed by atoms with Crippen molar-refractivity contribution in [2.24, 2.45) is 0 Å². The van der Waals surface area contributed by atoms with Gasteiger partial charge in [0.15, 0.2) is 0 Å². The first-order valence-corrected chi connectivity index (χ1v) is 13.8. The summed E-state index contributed by atoms with van der Waals surface area (Å²) in [6, 6.07) is 19.2. The molecule has 44 heavy (non-hydrogen) atoms. The zero-order valence-corrected chi connectivity index (χ0v) is 24.4. The van der Waals surface area contributed by atoms with E-state index >= 15 is 0 Å². The van der Waals surface area contributed by atoms with Crippen LogP contribution in [0.25, 0.3) is 43.8 Å². The Labute approximate surface area is 250 Å². The van der Waals surface area contributed by atoms with Crippen molar-refractivity contribution in [3.63, 3.8) is 0 Å². The number of aliphatic hydroxyl groups excluding tert-OH is 1. The number of hydrogen-bond donors (Lipinski definition) is 4. The molecular formula is C34H31N3O7. The molecule has 0 saturated carbocycles. The molecule has 6 N–H and O–H groups in total. The van der Waals surface area contributed by atoms with Crippen molar-refractivity contribution < 1.29 is 18.4 Å². The summed E-state index contributed by atoms with van der Waals surface area (Å²) in [4.78, 5) is 36.7. The van der Waals surface area contributed by atoms with E-state index in [-0.39, 0.29) is 17.9 Å². The van der Waals surface area contributed by atoms with Gasteiger partial charge in [0.1, 0.15) is 16.7 Å². The molecule has 7 rings (SSSR count). The standard InChI is InChI=1S/C12H13NO3.C12H9NO2.C10H9NO2/c1-7-6-11(15)16-12-8(7)2-3-10(13)9(12)4-5-14;1-7-6-11(14)15-12-8(7)2-3-10-9(12)4-5-13-10;1-6-4-10(12)13-9-5-7(11)2-3-8(6)9/h2-3,6,14H,4-5,13H2,1H3;2-6,13H,1H3;2-5H,11H2,1H3. The second-order valence-electron chi connectivity index (χ2n) is 10.4. The van der Waals surface area contributed by atoms with Crippen LogP contribution in [0.3, 0.4) is 0 Å². The summed E-state index contributed by atoms with van der Waals surface area (Å²) in [5.74, 6) is 0. The van der Waals surface area contributed by atoms with Crippen molar-refractivity contribution in [2.75, 3.05) is 18.1 Å². The Morgan fingerprint density at radius 1 is 0.659 bits per heavy atom. The molecule has 0 aliphatic carbocycles. The molecule has 0 unspecified atom stereocenters. The lowest BCUT2D eigenvalue weighted by Crippen LogP contribution is -2.04. The minimum absolute atomic E-state index is 0.0268. The number of fused-ring (bicyclic) bond motifs is 5. The second kappa shape index (κ2) is 12.3. The molecule has 0 bridgehead atoms. The van der Waals surface area contributed by atoms with Crippen molar-refractivity contribution in [3.05, 3.63) is 126 Å². The Kier molecular flexibility index (Phi) is 8.36. The molecule has 224 valence electrons. The van der Waals surface area contributed by atoms with Gasteiger partial charge in [-0.05, 0) is 79.9 Å². The van der Waals surface area contributed by atoms with Gasteiger partial charge in [0.05, 0.1) is 0 Å². The van der Waals surface area contributed by atoms with Gasteiger partial charge >= 0.3 is 16.9 Å². The highest BCUT2D eigenvalue weighted by atomic mass is 16.4. The molecule has 0 atom stereocenters. The predicted octanol–water partition coefficient (Wildman–Crippen LogP) is 5.48. The van der Waals surface area contributed by atoms with Crippen LogP contribution in [-0.4, -0.2) is 16.7 Å². The van der Waals surface area contributed by atoms with E-state index in [0.717, 1.165) is 43.8 Å². The zero-order chi connectivity index (χ0) is 31.5. The Balaban J connectivity index is 0.000000132. The second-order valence-corrected chi connectivity index (χ2v) is 10.4. The van der Waals surface area contributed by atoms with Crippen LogP contribution in [0.4, 0.5) is 11.4 Å². The number of H-pyrrole nitrogens is 1. The number of benzene rings is 3. The molecule has 0 aliphatic heterocycles. The van der Waals surface area contributed by atoms with Gasteiger partial charge in [0.25, 0.3) is 0 Å². The van der Waals surface area contributed by atoms with E-state index in [1.165, 1.54) is 18.2 Å². The molecule has 3 aromatic carbocycles. The van der Waals surface area contributed by atoms with Crippen LogP contribution in [-0.2, 0) is 6.42 Å². The maximum atomic E-state index is 11.3. The number of nitrogen functional groups attached to an aromatic ring is 2. The number of anilines is 2. The average Bonchev–Trinajstić information content (AvgIpc) is 3.45. The summed E-state index contributed by atoms with van der Waals surface area (Å²) >= 11 is 0. The van der Waals surface area contributed by atoms with Crippen molar-refractivity contribution in [1.82, 2.24) is 4.98 Å². The highest BCUT2D eigenvalue weighted by Gasteiger charge is 2.10. The lowest BCUT2D eigenvalue weighted by Gasteiger charge is -2.08. The predicted molar refractivity (Wildman–Crippen MR) is 173 cm³/mol. The number of nitrogens with one attached hydrogen (secondary N) is 1. The summed E-state index contributed by atoms with van der Waals surface area (Å²) in [5, 5.41) is 12.7. The van der Waals surface area contributed by atoms with Gasteiger partial charge in [0, 0.05) is 87.5 Å². The monoisotopic (exact) mass is 593 g/mol. The Hall–Kier alpha value is -5.61. The normalized spacial score (nSPS) is 10.9. The van der Waals surface area contributed by atoms with Crippen molar-refractivity contribution in [2.45, 2.75) is 27.2 Å². The van der Waals surface area contributed by atoms with Crippen molar-refractivity contribution >= 4 is 55.2 Å². The first-order valence-electron chi connectivity index (χ1n) is 13.8. The quantitative estimate of drug-likeness (QED) is 0.149. The number of rotatable bonds is 2. The molecule has 4 aromatic heterocycles. The van der Waals surface area contributed by atoms with Gasteiger partial charge in [-0.2, -0.15) is 0 Å². The number of nitrogens with two attached hydrogens (primary N) is 2. The third kappa shape index (κ3) is 6.11. The molecule has 10 nitrogen and oxygen atoms in total. The third-order valence-electron chi connectivity index (χ3n) is 7.24. The summed E-state index contributed by atoms with van der Waals surface area (Å²) in [6.45, 7) is 5.60. The zero-order valence-electron chi connectivity index (χ0n) is 24.4. The number of aryl methyl sites for hydroxylation is 3. The number of aromatic amines is 1. The van der Waals surface area contributed by atoms with Gasteiger partial charge in [-0.25, -0.2) is 14.4 Å². The van der Waals surface area contributed by atoms with E-state index in [2.05, 4.69) is 4.98 Å². The largest absolute Gasteiger partial charge is 0.423 e. The molecular weight excluding hydrogens is 562 g/mol. The number of aromatic nitrogens is 1. The van der Waals surface area contributed by atoms with E-state index in [1.54, 1.807) is 18.2 Å². The Morgan fingerprint density at radius 2 is 1.23 bits per heavy atom. The Bertz CT molecular complexity index is 2330. The van der Waals surface area contributed by atoms with Crippen molar-refractivity contribution in [3.8, 4) is 0 Å². The molecule has 0 fully saturated rings. The summed E-state index contributed by atoms with van der Waals surface area (Å²) in [6.07, 6.45) is 2.22. The van der Waals surface area contributed by atoms with E-state index < -0.39 is 5.63 Å². The fraction of sp³-hybridized carbons (Fsp3) is 0.147. The Morgan fingerprint density at radius 3 is 1.91 bits per heavy atom. The van der Waals surface area contributed by atoms with E-state index in [9.17, 15) is 14.4 Å². The first kappa shape index (κ1) is 29.9. The molecule has 0 radical (unpaired) electrons. The third-order valence-corrected chi connectivity index (χ3v) is 7.24. The fourth-order valence-electron chi connectivity index (χ4n) is 5.08. The lowest BCUT2D eigenvalue weighted by molar-refractivity contribution is 0.299. The smallest absolute Gasteiger partial charge is 0.336 e. The van der Waals surface area contributed by atoms with Crippen LogP contribution in [0, 0.1) is 20.8 Å². The van der Waals surface area contributed by atoms with Crippen LogP contribution < -0.4 is 28.3 Å². The maximum absolute atomic E-state index is 11.3. The maximum Gasteiger partial charge on any atom is 0.336 e. The van der Waals surface area contributed by atoms with E-state index in [1.807, 2.05) is 57.3 Å². The SMILES string of the molecule is Cc1cc(=O)oc2c(CCO)c(N)ccc12.Cc1cc(=O)oc2c1ccc1[nH]ccc12.Cc1cc(=O)oc2cc(N)ccc12. The van der Waals surface area contributed by atoms with Gasteiger partial charge in [-0.1, -0.05) is 0 Å². The summed E-state index contributed by atoms with van der Waals surface area (Å²) < 4.78 is 15.4. The van der Waals surface area contributed by atoms with Crippen LogP contribution in [0.15, 0.2) is 101 Å². The molecule has 0 aliphatic rings. The minimum atomic E-state index is -0.394. The first-order chi connectivity index (χ1) is 21.0. The summed E-state index contributed by atoms with van der Waals surface area (Å²) in [5.41, 5.74) is 17.6. The van der Waals surface area contributed by atoms with Crippen LogP contribution in [0.5, 0.6) is 0 Å². The lowest BCUT2D eigenvalue weighted by atomic mass is 10.0. The molecule has 7 aromatic rings. The highest BCUT2D eigenvalue weighted by molar-refractivity contribution is 6.03.